The second kappa shape index (κ2) is 41.8. The first-order chi connectivity index (χ1) is 27.4. The molecule has 5 aromatic rings. The molecule has 0 fully saturated rings. The number of rotatable bonds is 2. The predicted octanol–water partition coefficient (Wildman–Crippen LogP) is 13.1. The molecule has 0 amide bonds. The lowest BCUT2D eigenvalue weighted by atomic mass is 9.88. The van der Waals surface area contributed by atoms with E-state index < -0.39 is 0 Å². The third kappa shape index (κ3) is 36.3. The second-order valence-corrected chi connectivity index (χ2v) is 14.0. The van der Waals surface area contributed by atoms with E-state index in [2.05, 4.69) is 138 Å². The largest absolute Gasteiger partial charge is 0.102 e. The molecule has 4 bridgehead atoms. The lowest BCUT2D eigenvalue weighted by Gasteiger charge is -2.09. The second-order valence-electron chi connectivity index (χ2n) is 14.0. The molecular weight excluding hydrogens is 679 g/mol. The standard InChI is InChI=1S/C16H16.C10H14.C8H10.C8H8.5C2H6B/c1-2-14-4-3-13(1)9-10-15-5-7-16(8-6-15)12-11-14;1-3-9-5-7-10(4-2)8-6-9;2*1-7-3-5-8(2)6-4-7;5*1-3-2/h1-8H,9-12H2;5-8H,3-4H2,1-2H3;3-6H,1-2H3;3-6H,1-2H2;5*1-2H3. The fourth-order valence-corrected chi connectivity index (χ4v) is 4.51. The van der Waals surface area contributed by atoms with E-state index in [-0.39, 0.29) is 0 Å². The molecule has 57 heavy (non-hydrogen) atoms. The van der Waals surface area contributed by atoms with Crippen molar-refractivity contribution in [2.24, 2.45) is 0 Å². The molecule has 5 aromatic carbocycles. The summed E-state index contributed by atoms with van der Waals surface area (Å²) in [6, 6.07) is 43.3. The summed E-state index contributed by atoms with van der Waals surface area (Å²) in [5, 5.41) is 2.08. The minimum absolute atomic E-state index is 1.04. The number of hydrogen-bond donors (Lipinski definition) is 0. The van der Waals surface area contributed by atoms with Gasteiger partial charge in [0.05, 0.1) is 0 Å². The summed E-state index contributed by atoms with van der Waals surface area (Å²) in [7, 11) is 10.0. The highest BCUT2D eigenvalue weighted by atomic mass is 14.1. The summed E-state index contributed by atoms with van der Waals surface area (Å²) >= 11 is 0. The van der Waals surface area contributed by atoms with Crippen molar-refractivity contribution in [2.45, 2.75) is 134 Å². The Kier molecular flexibility index (Phi) is 42.1. The van der Waals surface area contributed by atoms with Crippen LogP contribution in [0.25, 0.3) is 13.2 Å². The Bertz CT molecular complexity index is 1450. The van der Waals surface area contributed by atoms with Gasteiger partial charge in [0.1, 0.15) is 36.4 Å². The molecule has 301 valence electrons. The van der Waals surface area contributed by atoms with Crippen LogP contribution in [0.4, 0.5) is 0 Å². The van der Waals surface area contributed by atoms with Crippen LogP contribution in [0.1, 0.15) is 58.4 Å². The van der Waals surface area contributed by atoms with Crippen molar-refractivity contribution in [2.75, 3.05) is 0 Å². The first kappa shape index (κ1) is 57.5. The highest BCUT2D eigenvalue weighted by Gasteiger charge is 2.02. The Morgan fingerprint density at radius 3 is 0.667 bits per heavy atom. The van der Waals surface area contributed by atoms with Crippen LogP contribution >= 0.6 is 0 Å². The molecule has 0 unspecified atom stereocenters. The van der Waals surface area contributed by atoms with Gasteiger partial charge in [0.2, 0.25) is 0 Å². The molecule has 0 atom stereocenters. The molecule has 9 rings (SSSR count). The summed E-state index contributed by atoms with van der Waals surface area (Å²) in [4.78, 5) is 0. The maximum absolute atomic E-state index is 3.73. The van der Waals surface area contributed by atoms with Gasteiger partial charge in [-0.15, -0.1) is 0 Å². The van der Waals surface area contributed by atoms with Gasteiger partial charge in [-0.1, -0.05) is 228 Å². The molecule has 0 saturated heterocycles. The maximum Gasteiger partial charge on any atom is 0.102 e. The zero-order valence-corrected chi connectivity index (χ0v) is 39.1. The summed E-state index contributed by atoms with van der Waals surface area (Å²) in [6.45, 7) is 36.0. The fraction of sp³-hybridized carbons (Fsp3) is 0.385. The Morgan fingerprint density at radius 1 is 0.333 bits per heavy atom. The van der Waals surface area contributed by atoms with E-state index in [4.69, 9.17) is 0 Å². The smallest absolute Gasteiger partial charge is 0.0922 e. The van der Waals surface area contributed by atoms with E-state index in [1.54, 1.807) is 0 Å². The van der Waals surface area contributed by atoms with E-state index >= 15 is 0 Å². The average Bonchev–Trinajstić information content (AvgIpc) is 3.21. The van der Waals surface area contributed by atoms with E-state index in [9.17, 15) is 0 Å². The zero-order chi connectivity index (χ0) is 43.7. The Morgan fingerprint density at radius 2 is 0.509 bits per heavy atom. The third-order valence-electron chi connectivity index (χ3n) is 7.53. The topological polar surface area (TPSA) is 0 Å². The van der Waals surface area contributed by atoms with Crippen LogP contribution in [-0.2, 0) is 38.5 Å². The van der Waals surface area contributed by atoms with Crippen molar-refractivity contribution in [3.63, 3.8) is 0 Å². The van der Waals surface area contributed by atoms with Crippen LogP contribution in [-0.4, -0.2) is 36.4 Å². The molecule has 5 radical (unpaired) electrons. The van der Waals surface area contributed by atoms with E-state index in [1.165, 1.54) is 44.5 Å². The quantitative estimate of drug-likeness (QED) is 0.157. The van der Waals surface area contributed by atoms with Crippen LogP contribution in [0.5, 0.6) is 0 Å². The highest BCUT2D eigenvalue weighted by Crippen LogP contribution is 2.15. The van der Waals surface area contributed by atoms with E-state index in [0.29, 0.717) is 0 Å². The maximum atomic E-state index is 3.73. The van der Waals surface area contributed by atoms with Crippen LogP contribution in [0.15, 0.2) is 121 Å². The lowest BCUT2D eigenvalue weighted by Crippen LogP contribution is -2.02. The van der Waals surface area contributed by atoms with Crippen molar-refractivity contribution in [1.29, 1.82) is 0 Å². The first-order valence-corrected chi connectivity index (χ1v) is 21.1. The molecule has 4 aliphatic carbocycles. The molecule has 4 aliphatic rings. The van der Waals surface area contributed by atoms with Gasteiger partial charge in [-0.05, 0) is 96.2 Å². The van der Waals surface area contributed by atoms with Gasteiger partial charge in [-0.2, -0.15) is 0 Å². The third-order valence-corrected chi connectivity index (χ3v) is 7.53. The van der Waals surface area contributed by atoms with Gasteiger partial charge >= 0.3 is 0 Å². The van der Waals surface area contributed by atoms with Crippen molar-refractivity contribution in [3.05, 3.63) is 176 Å². The number of benzene rings is 5. The molecule has 0 aliphatic heterocycles. The molecule has 0 aromatic heterocycles. The summed E-state index contributed by atoms with van der Waals surface area (Å²) in [6.07, 6.45) is 6.90. The van der Waals surface area contributed by atoms with Crippen LogP contribution in [0.2, 0.25) is 68.2 Å². The Balaban J connectivity index is -0.000000628. The van der Waals surface area contributed by atoms with Gasteiger partial charge in [-0.3, -0.25) is 0 Å². The van der Waals surface area contributed by atoms with E-state index in [1.807, 2.05) is 129 Å². The van der Waals surface area contributed by atoms with Crippen molar-refractivity contribution in [1.82, 2.24) is 0 Å². The molecule has 0 heterocycles. The molecule has 0 N–H and O–H groups in total. The average molecular weight is 757 g/mol. The van der Waals surface area contributed by atoms with E-state index in [0.717, 1.165) is 49.0 Å². The molecule has 0 saturated carbocycles. The Labute approximate surface area is 358 Å². The molecule has 0 spiro atoms. The molecule has 5 heteroatoms. The summed E-state index contributed by atoms with van der Waals surface area (Å²) < 4.78 is 0. The summed E-state index contributed by atoms with van der Waals surface area (Å²) in [5.74, 6) is 0. The molecular formula is C52H78B5. The minimum atomic E-state index is 1.04. The zero-order valence-electron chi connectivity index (χ0n) is 39.1. The Hall–Kier alpha value is -3.84. The van der Waals surface area contributed by atoms with Crippen molar-refractivity contribution >= 4 is 49.6 Å². The van der Waals surface area contributed by atoms with Crippen molar-refractivity contribution < 1.29 is 0 Å². The van der Waals surface area contributed by atoms with Gasteiger partial charge in [-0.25, -0.2) is 0 Å². The highest BCUT2D eigenvalue weighted by molar-refractivity contribution is 6.32. The summed E-state index contributed by atoms with van der Waals surface area (Å²) in [5.41, 5.74) is 11.3. The van der Waals surface area contributed by atoms with Crippen LogP contribution in [0.3, 0.4) is 0 Å². The van der Waals surface area contributed by atoms with Gasteiger partial charge in [0.25, 0.3) is 0 Å². The van der Waals surface area contributed by atoms with Gasteiger partial charge in [0.15, 0.2) is 0 Å². The van der Waals surface area contributed by atoms with Gasteiger partial charge in [0, 0.05) is 0 Å². The number of hydrogen-bond acceptors (Lipinski definition) is 0. The normalized spacial score (nSPS) is 9.58. The lowest BCUT2D eigenvalue weighted by molar-refractivity contribution is 0.921. The molecule has 0 nitrogen and oxygen atoms in total. The van der Waals surface area contributed by atoms with Crippen LogP contribution < -0.4 is 10.4 Å². The van der Waals surface area contributed by atoms with Crippen molar-refractivity contribution in [3.8, 4) is 0 Å². The predicted molar refractivity (Wildman–Crippen MR) is 273 cm³/mol. The first-order valence-electron chi connectivity index (χ1n) is 21.1. The number of aryl methyl sites for hydroxylation is 8. The monoisotopic (exact) mass is 758 g/mol. The SMILES string of the molecule is C=c1ccc(=C)cc1.CCc1ccc(CC)cc1.C[B]C.C[B]C.C[B]C.C[B]C.C[B]C.Cc1ccc(C)cc1.c1cc2ccc1CCc1ccc(cc1)CC2. The van der Waals surface area contributed by atoms with Gasteiger partial charge < -0.3 is 0 Å². The fourth-order valence-electron chi connectivity index (χ4n) is 4.51. The minimum Gasteiger partial charge on any atom is -0.0922 e. The van der Waals surface area contributed by atoms with Crippen LogP contribution in [0, 0.1) is 13.8 Å².